The summed E-state index contributed by atoms with van der Waals surface area (Å²) in [7, 11) is 1.88. The number of thioether (sulfide) groups is 1. The third kappa shape index (κ3) is 2.65. The van der Waals surface area contributed by atoms with E-state index in [1.54, 1.807) is 12.3 Å². The van der Waals surface area contributed by atoms with Crippen molar-refractivity contribution in [3.8, 4) is 0 Å². The summed E-state index contributed by atoms with van der Waals surface area (Å²) in [5.74, 6) is 2.69. The molecule has 2 aromatic heterocycles. The number of pyridine rings is 1. The van der Waals surface area contributed by atoms with Crippen LogP contribution in [0, 0.1) is 0 Å². The average molecular weight is 319 g/mol. The van der Waals surface area contributed by atoms with Crippen molar-refractivity contribution in [3.63, 3.8) is 0 Å². The van der Waals surface area contributed by atoms with Gasteiger partial charge in [0, 0.05) is 25.8 Å². The van der Waals surface area contributed by atoms with E-state index in [1.165, 1.54) is 0 Å². The first kappa shape index (κ1) is 15.1. The first-order valence-electron chi connectivity index (χ1n) is 7.58. The molecular formula is C15H21N5OS. The number of fused-ring (bicyclic) bond motifs is 1. The molecule has 0 unspecified atom stereocenters. The zero-order chi connectivity index (χ0) is 15.7. The number of amides is 1. The van der Waals surface area contributed by atoms with Crippen LogP contribution in [0.15, 0.2) is 12.3 Å². The van der Waals surface area contributed by atoms with E-state index in [0.29, 0.717) is 29.6 Å². The summed E-state index contributed by atoms with van der Waals surface area (Å²) < 4.78 is 1.84. The van der Waals surface area contributed by atoms with Gasteiger partial charge in [0.05, 0.1) is 5.56 Å². The van der Waals surface area contributed by atoms with Crippen LogP contribution >= 0.6 is 11.8 Å². The maximum atomic E-state index is 12.7. The van der Waals surface area contributed by atoms with Crippen molar-refractivity contribution in [2.45, 2.75) is 32.4 Å². The van der Waals surface area contributed by atoms with Gasteiger partial charge in [-0.1, -0.05) is 0 Å². The minimum Gasteiger partial charge on any atom is -0.369 e. The Balaban J connectivity index is 1.87. The molecule has 6 nitrogen and oxygen atoms in total. The molecule has 3 heterocycles. The standard InChI is InChI=1S/C15H21N5OS/c1-3-20-13-12(18-15(20)16)8-10(9-17-13)14(21)19(2)11-4-6-22-7-5-11/h8-9,11H,3-7H2,1-2H3,(H2,16,18). The molecule has 1 amide bonds. The summed E-state index contributed by atoms with van der Waals surface area (Å²) in [6.45, 7) is 2.70. The first-order chi connectivity index (χ1) is 10.6. The topological polar surface area (TPSA) is 77.0 Å². The molecule has 7 heteroatoms. The van der Waals surface area contributed by atoms with Gasteiger partial charge in [0.1, 0.15) is 5.52 Å². The molecule has 0 aliphatic carbocycles. The van der Waals surface area contributed by atoms with E-state index < -0.39 is 0 Å². The lowest BCUT2D eigenvalue weighted by atomic mass is 10.1. The van der Waals surface area contributed by atoms with Gasteiger partial charge in [0.15, 0.2) is 5.65 Å². The second kappa shape index (κ2) is 6.16. The highest BCUT2D eigenvalue weighted by Gasteiger charge is 2.24. The number of imidazole rings is 1. The lowest BCUT2D eigenvalue weighted by molar-refractivity contribution is 0.0723. The normalized spacial score (nSPS) is 16.1. The maximum absolute atomic E-state index is 12.7. The summed E-state index contributed by atoms with van der Waals surface area (Å²) >= 11 is 1.96. The van der Waals surface area contributed by atoms with Crippen LogP contribution in [0.3, 0.4) is 0 Å². The summed E-state index contributed by atoms with van der Waals surface area (Å²) in [6.07, 6.45) is 3.74. The summed E-state index contributed by atoms with van der Waals surface area (Å²) in [5, 5.41) is 0. The van der Waals surface area contributed by atoms with E-state index in [1.807, 2.05) is 35.2 Å². The fourth-order valence-corrected chi connectivity index (χ4v) is 3.98. The van der Waals surface area contributed by atoms with Crippen molar-refractivity contribution in [3.05, 3.63) is 17.8 Å². The molecule has 1 aliphatic heterocycles. The van der Waals surface area contributed by atoms with Crippen LogP contribution in [-0.2, 0) is 6.54 Å². The molecule has 0 spiro atoms. The van der Waals surface area contributed by atoms with Crippen LogP contribution in [0.25, 0.3) is 11.2 Å². The molecule has 1 fully saturated rings. The Hall–Kier alpha value is -1.76. The van der Waals surface area contributed by atoms with Crippen molar-refractivity contribution in [1.82, 2.24) is 19.4 Å². The van der Waals surface area contributed by atoms with Crippen molar-refractivity contribution >= 4 is 34.8 Å². The van der Waals surface area contributed by atoms with Gasteiger partial charge in [0.25, 0.3) is 5.91 Å². The number of carbonyl (C=O) groups is 1. The Labute approximate surface area is 134 Å². The Bertz CT molecular complexity index is 693. The molecule has 0 bridgehead atoms. The maximum Gasteiger partial charge on any atom is 0.255 e. The largest absolute Gasteiger partial charge is 0.369 e. The summed E-state index contributed by atoms with van der Waals surface area (Å²) in [4.78, 5) is 23.2. The van der Waals surface area contributed by atoms with E-state index in [0.717, 1.165) is 30.0 Å². The van der Waals surface area contributed by atoms with Crippen LogP contribution in [0.2, 0.25) is 0 Å². The fraction of sp³-hybridized carbons (Fsp3) is 0.533. The number of nitrogen functional groups attached to an aromatic ring is 1. The number of carbonyl (C=O) groups excluding carboxylic acids is 1. The minimum absolute atomic E-state index is 0.0101. The quantitative estimate of drug-likeness (QED) is 0.936. The number of anilines is 1. The Morgan fingerprint density at radius 3 is 2.91 bits per heavy atom. The van der Waals surface area contributed by atoms with E-state index in [9.17, 15) is 4.79 Å². The molecule has 22 heavy (non-hydrogen) atoms. The van der Waals surface area contributed by atoms with Crippen molar-refractivity contribution in [1.29, 1.82) is 0 Å². The lowest BCUT2D eigenvalue weighted by Gasteiger charge is -2.31. The van der Waals surface area contributed by atoms with Gasteiger partial charge in [-0.05, 0) is 37.3 Å². The highest BCUT2D eigenvalue weighted by molar-refractivity contribution is 7.99. The number of aromatic nitrogens is 3. The third-order valence-electron chi connectivity index (χ3n) is 4.24. The highest BCUT2D eigenvalue weighted by atomic mass is 32.2. The van der Waals surface area contributed by atoms with Gasteiger partial charge < -0.3 is 10.6 Å². The number of rotatable bonds is 3. The molecule has 3 rings (SSSR count). The monoisotopic (exact) mass is 319 g/mol. The highest BCUT2D eigenvalue weighted by Crippen LogP contribution is 2.23. The van der Waals surface area contributed by atoms with Crippen molar-refractivity contribution < 1.29 is 4.79 Å². The number of hydrogen-bond donors (Lipinski definition) is 1. The van der Waals surface area contributed by atoms with Gasteiger partial charge in [-0.3, -0.25) is 9.36 Å². The molecular weight excluding hydrogens is 298 g/mol. The molecule has 2 N–H and O–H groups in total. The van der Waals surface area contributed by atoms with Gasteiger partial charge in [0.2, 0.25) is 5.95 Å². The van der Waals surface area contributed by atoms with Crippen LogP contribution < -0.4 is 5.73 Å². The number of aryl methyl sites for hydroxylation is 1. The van der Waals surface area contributed by atoms with E-state index in [2.05, 4.69) is 9.97 Å². The van der Waals surface area contributed by atoms with E-state index in [4.69, 9.17) is 5.73 Å². The van der Waals surface area contributed by atoms with Gasteiger partial charge >= 0.3 is 0 Å². The molecule has 0 atom stereocenters. The molecule has 118 valence electrons. The predicted molar refractivity (Wildman–Crippen MR) is 90.1 cm³/mol. The van der Waals surface area contributed by atoms with Gasteiger partial charge in [-0.15, -0.1) is 0 Å². The Kier molecular flexibility index (Phi) is 4.24. The summed E-state index contributed by atoms with van der Waals surface area (Å²) in [6, 6.07) is 2.11. The van der Waals surface area contributed by atoms with Crippen LogP contribution in [-0.4, -0.2) is 49.9 Å². The van der Waals surface area contributed by atoms with Crippen molar-refractivity contribution in [2.24, 2.45) is 0 Å². The smallest absolute Gasteiger partial charge is 0.255 e. The van der Waals surface area contributed by atoms with Crippen molar-refractivity contribution in [2.75, 3.05) is 24.3 Å². The molecule has 0 aromatic carbocycles. The second-order valence-electron chi connectivity index (χ2n) is 5.54. The Morgan fingerprint density at radius 1 is 1.50 bits per heavy atom. The fourth-order valence-electron chi connectivity index (χ4n) is 2.90. The molecule has 1 aliphatic rings. The zero-order valence-corrected chi connectivity index (χ0v) is 13.8. The van der Waals surface area contributed by atoms with Gasteiger partial charge in [-0.2, -0.15) is 11.8 Å². The molecule has 2 aromatic rings. The lowest BCUT2D eigenvalue weighted by Crippen LogP contribution is -2.39. The van der Waals surface area contributed by atoms with Crippen LogP contribution in [0.1, 0.15) is 30.1 Å². The van der Waals surface area contributed by atoms with E-state index >= 15 is 0 Å². The summed E-state index contributed by atoms with van der Waals surface area (Å²) in [5.41, 5.74) is 7.87. The number of nitrogens with two attached hydrogens (primary N) is 1. The Morgan fingerprint density at radius 2 is 2.23 bits per heavy atom. The van der Waals surface area contributed by atoms with E-state index in [-0.39, 0.29) is 5.91 Å². The number of nitrogens with zero attached hydrogens (tertiary/aromatic N) is 4. The molecule has 1 saturated heterocycles. The number of hydrogen-bond acceptors (Lipinski definition) is 5. The van der Waals surface area contributed by atoms with Gasteiger partial charge in [-0.25, -0.2) is 9.97 Å². The average Bonchev–Trinajstić information content (AvgIpc) is 2.88. The first-order valence-corrected chi connectivity index (χ1v) is 8.74. The second-order valence-corrected chi connectivity index (χ2v) is 6.77. The third-order valence-corrected chi connectivity index (χ3v) is 5.29. The molecule has 0 saturated carbocycles. The zero-order valence-electron chi connectivity index (χ0n) is 13.0. The van der Waals surface area contributed by atoms with Crippen LogP contribution in [0.5, 0.6) is 0 Å². The minimum atomic E-state index is 0.0101. The SMILES string of the molecule is CCn1c(N)nc2cc(C(=O)N(C)C3CCSCC3)cnc21. The van der Waals surface area contributed by atoms with Crippen LogP contribution in [0.4, 0.5) is 5.95 Å². The molecule has 0 radical (unpaired) electrons. The predicted octanol–water partition coefficient (Wildman–Crippen LogP) is 2.00.